The third-order valence-electron chi connectivity index (χ3n) is 5.56. The second kappa shape index (κ2) is 8.63. The number of hydrogen-bond donors (Lipinski definition) is 2. The molecule has 0 saturated heterocycles. The molecule has 0 saturated carbocycles. The van der Waals surface area contributed by atoms with Crippen LogP contribution in [0.15, 0.2) is 54.6 Å². The van der Waals surface area contributed by atoms with Gasteiger partial charge in [0.05, 0.1) is 5.69 Å². The van der Waals surface area contributed by atoms with E-state index in [-0.39, 0.29) is 5.91 Å². The predicted octanol–water partition coefficient (Wildman–Crippen LogP) is 5.20. The maximum Gasteiger partial charge on any atom is 0.255 e. The molecule has 0 aliphatic rings. The van der Waals surface area contributed by atoms with Crippen molar-refractivity contribution < 1.29 is 4.79 Å². The Labute approximate surface area is 187 Å². The Bertz CT molecular complexity index is 1270. The Kier molecular flexibility index (Phi) is 5.73. The van der Waals surface area contributed by atoms with Crippen molar-refractivity contribution in [2.24, 2.45) is 0 Å². The number of anilines is 3. The standard InChI is InChI=1S/C25H26N6O/c1-15-6-11-22(16(2)14-15)25(32)27-21-9-7-20(8-10-21)26-23-12-13-24(29-28-23)31-19(5)17(3)18(4)30-31/h6-14H,1-5H3,(H,26,28)(H,27,32). The molecule has 7 nitrogen and oxygen atoms in total. The van der Waals surface area contributed by atoms with Gasteiger partial charge in [-0.1, -0.05) is 17.7 Å². The molecule has 2 heterocycles. The Hall–Kier alpha value is -4.00. The summed E-state index contributed by atoms with van der Waals surface area (Å²) in [4.78, 5) is 12.6. The first-order valence-corrected chi connectivity index (χ1v) is 10.4. The summed E-state index contributed by atoms with van der Waals surface area (Å²) < 4.78 is 1.80. The third kappa shape index (κ3) is 4.37. The minimum Gasteiger partial charge on any atom is -0.339 e. The minimum atomic E-state index is -0.121. The summed E-state index contributed by atoms with van der Waals surface area (Å²) in [5.74, 6) is 1.18. The molecule has 0 aliphatic heterocycles. The number of nitrogens with zero attached hydrogens (tertiary/aromatic N) is 4. The molecule has 0 unspecified atom stereocenters. The number of hydrogen-bond acceptors (Lipinski definition) is 5. The van der Waals surface area contributed by atoms with Crippen LogP contribution < -0.4 is 10.6 Å². The first-order chi connectivity index (χ1) is 15.3. The Morgan fingerprint density at radius 3 is 2.16 bits per heavy atom. The number of benzene rings is 2. The van der Waals surface area contributed by atoms with E-state index in [9.17, 15) is 4.79 Å². The molecule has 0 spiro atoms. The Balaban J connectivity index is 1.42. The van der Waals surface area contributed by atoms with E-state index in [1.54, 1.807) is 4.68 Å². The van der Waals surface area contributed by atoms with Gasteiger partial charge in [-0.3, -0.25) is 4.79 Å². The van der Waals surface area contributed by atoms with Gasteiger partial charge in [-0.15, -0.1) is 10.2 Å². The summed E-state index contributed by atoms with van der Waals surface area (Å²) in [6.45, 7) is 10.0. The van der Waals surface area contributed by atoms with Crippen molar-refractivity contribution in [3.63, 3.8) is 0 Å². The topological polar surface area (TPSA) is 84.7 Å². The third-order valence-corrected chi connectivity index (χ3v) is 5.56. The van der Waals surface area contributed by atoms with Gasteiger partial charge in [0.15, 0.2) is 11.6 Å². The monoisotopic (exact) mass is 426 g/mol. The van der Waals surface area contributed by atoms with E-state index in [4.69, 9.17) is 0 Å². The summed E-state index contributed by atoms with van der Waals surface area (Å²) in [6, 6.07) is 17.0. The fraction of sp³-hybridized carbons (Fsp3) is 0.200. The van der Waals surface area contributed by atoms with E-state index in [0.717, 1.165) is 39.5 Å². The molecule has 7 heteroatoms. The van der Waals surface area contributed by atoms with E-state index in [1.807, 2.05) is 89.2 Å². The van der Waals surface area contributed by atoms with E-state index in [0.29, 0.717) is 17.2 Å². The summed E-state index contributed by atoms with van der Waals surface area (Å²) >= 11 is 0. The van der Waals surface area contributed by atoms with Crippen molar-refractivity contribution in [2.45, 2.75) is 34.6 Å². The van der Waals surface area contributed by atoms with Crippen molar-refractivity contribution in [3.8, 4) is 5.82 Å². The van der Waals surface area contributed by atoms with Gasteiger partial charge < -0.3 is 10.6 Å². The number of nitrogens with one attached hydrogen (secondary N) is 2. The van der Waals surface area contributed by atoms with Gasteiger partial charge in [0.1, 0.15) is 0 Å². The van der Waals surface area contributed by atoms with Crippen LogP contribution in [0.5, 0.6) is 0 Å². The van der Waals surface area contributed by atoms with Crippen LogP contribution in [0.4, 0.5) is 17.2 Å². The number of aromatic nitrogens is 4. The lowest BCUT2D eigenvalue weighted by Gasteiger charge is -2.10. The molecular formula is C25H26N6O. The molecule has 32 heavy (non-hydrogen) atoms. The molecule has 2 aromatic heterocycles. The first-order valence-electron chi connectivity index (χ1n) is 10.4. The molecule has 1 amide bonds. The van der Waals surface area contributed by atoms with Gasteiger partial charge in [0.25, 0.3) is 5.91 Å². The number of carbonyl (C=O) groups is 1. The number of carbonyl (C=O) groups excluding carboxylic acids is 1. The molecular weight excluding hydrogens is 400 g/mol. The molecule has 0 bridgehead atoms. The lowest BCUT2D eigenvalue weighted by Crippen LogP contribution is -2.13. The van der Waals surface area contributed by atoms with E-state index >= 15 is 0 Å². The van der Waals surface area contributed by atoms with Crippen LogP contribution in [0, 0.1) is 34.6 Å². The number of amides is 1. The van der Waals surface area contributed by atoms with Crippen LogP contribution in [0.2, 0.25) is 0 Å². The van der Waals surface area contributed by atoms with Crippen LogP contribution >= 0.6 is 0 Å². The van der Waals surface area contributed by atoms with Crippen molar-refractivity contribution in [1.29, 1.82) is 0 Å². The summed E-state index contributed by atoms with van der Waals surface area (Å²) in [5.41, 5.74) is 7.52. The lowest BCUT2D eigenvalue weighted by molar-refractivity contribution is 0.102. The van der Waals surface area contributed by atoms with Crippen LogP contribution in [0.1, 0.15) is 38.4 Å². The normalized spacial score (nSPS) is 10.8. The highest BCUT2D eigenvalue weighted by atomic mass is 16.1. The van der Waals surface area contributed by atoms with E-state index < -0.39 is 0 Å². The zero-order valence-corrected chi connectivity index (χ0v) is 18.9. The van der Waals surface area contributed by atoms with Crippen molar-refractivity contribution in [3.05, 3.63) is 88.2 Å². The fourth-order valence-electron chi connectivity index (χ4n) is 3.50. The van der Waals surface area contributed by atoms with Gasteiger partial charge in [-0.25, -0.2) is 4.68 Å². The van der Waals surface area contributed by atoms with Crippen molar-refractivity contribution in [1.82, 2.24) is 20.0 Å². The summed E-state index contributed by atoms with van der Waals surface area (Å²) in [7, 11) is 0. The maximum absolute atomic E-state index is 12.6. The second-order valence-electron chi connectivity index (χ2n) is 7.96. The van der Waals surface area contributed by atoms with Gasteiger partial charge in [0, 0.05) is 22.6 Å². The van der Waals surface area contributed by atoms with E-state index in [2.05, 4.69) is 25.9 Å². The smallest absolute Gasteiger partial charge is 0.255 e. The van der Waals surface area contributed by atoms with Crippen LogP contribution in [-0.2, 0) is 0 Å². The Morgan fingerprint density at radius 2 is 1.56 bits per heavy atom. The average molecular weight is 427 g/mol. The quantitative estimate of drug-likeness (QED) is 0.458. The highest BCUT2D eigenvalue weighted by Crippen LogP contribution is 2.20. The zero-order valence-electron chi connectivity index (χ0n) is 18.9. The van der Waals surface area contributed by atoms with Gasteiger partial charge in [0.2, 0.25) is 0 Å². The molecule has 0 atom stereocenters. The van der Waals surface area contributed by atoms with Gasteiger partial charge in [-0.05, 0) is 88.2 Å². The summed E-state index contributed by atoms with van der Waals surface area (Å²) in [6.07, 6.45) is 0. The lowest BCUT2D eigenvalue weighted by atomic mass is 10.1. The van der Waals surface area contributed by atoms with Crippen molar-refractivity contribution >= 4 is 23.1 Å². The van der Waals surface area contributed by atoms with Gasteiger partial charge >= 0.3 is 0 Å². The van der Waals surface area contributed by atoms with Crippen LogP contribution in [0.25, 0.3) is 5.82 Å². The second-order valence-corrected chi connectivity index (χ2v) is 7.96. The molecule has 2 N–H and O–H groups in total. The molecule has 0 radical (unpaired) electrons. The Morgan fingerprint density at radius 1 is 0.844 bits per heavy atom. The SMILES string of the molecule is Cc1ccc(C(=O)Nc2ccc(Nc3ccc(-n4nc(C)c(C)c4C)nn3)cc2)c(C)c1. The molecule has 4 rings (SSSR count). The number of aryl methyl sites for hydroxylation is 3. The minimum absolute atomic E-state index is 0.121. The highest BCUT2D eigenvalue weighted by Gasteiger charge is 2.11. The van der Waals surface area contributed by atoms with Crippen molar-refractivity contribution in [2.75, 3.05) is 10.6 Å². The predicted molar refractivity (Wildman–Crippen MR) is 127 cm³/mol. The largest absolute Gasteiger partial charge is 0.339 e. The van der Waals surface area contributed by atoms with E-state index in [1.165, 1.54) is 0 Å². The highest BCUT2D eigenvalue weighted by molar-refractivity contribution is 6.05. The molecule has 0 fully saturated rings. The number of rotatable bonds is 5. The maximum atomic E-state index is 12.6. The van der Waals surface area contributed by atoms with Gasteiger partial charge in [-0.2, -0.15) is 5.10 Å². The molecule has 162 valence electrons. The molecule has 2 aromatic carbocycles. The van der Waals surface area contributed by atoms with Crippen LogP contribution in [0.3, 0.4) is 0 Å². The fourth-order valence-corrected chi connectivity index (χ4v) is 3.50. The average Bonchev–Trinajstić information content (AvgIpc) is 3.03. The van der Waals surface area contributed by atoms with Crippen LogP contribution in [-0.4, -0.2) is 25.9 Å². The molecule has 0 aliphatic carbocycles. The first kappa shape index (κ1) is 21.2. The zero-order chi connectivity index (χ0) is 22.8. The molecule has 4 aromatic rings. The summed E-state index contributed by atoms with van der Waals surface area (Å²) in [5, 5.41) is 19.2.